The molecule has 1 unspecified atom stereocenters. The lowest BCUT2D eigenvalue weighted by Crippen LogP contribution is -2.30. The Bertz CT molecular complexity index is 446. The van der Waals surface area contributed by atoms with Gasteiger partial charge in [-0.2, -0.15) is 0 Å². The Morgan fingerprint density at radius 3 is 2.67 bits per heavy atom. The highest BCUT2D eigenvalue weighted by molar-refractivity contribution is 5.93. The van der Waals surface area contributed by atoms with Gasteiger partial charge in [0.1, 0.15) is 5.41 Å². The summed E-state index contributed by atoms with van der Waals surface area (Å²) in [5.41, 5.74) is 2.70. The van der Waals surface area contributed by atoms with Gasteiger partial charge in [0.25, 0.3) is 0 Å². The minimum absolute atomic E-state index is 0.202. The van der Waals surface area contributed by atoms with Gasteiger partial charge < -0.3 is 4.74 Å². The molecule has 2 heteroatoms. The maximum absolute atomic E-state index is 11.8. The van der Waals surface area contributed by atoms with E-state index in [4.69, 9.17) is 4.74 Å². The fourth-order valence-electron chi connectivity index (χ4n) is 2.25. The number of methoxy groups -OCH3 is 1. The molecular formula is C13H14O2. The average molecular weight is 202 g/mol. The van der Waals surface area contributed by atoms with Gasteiger partial charge in [-0.3, -0.25) is 4.79 Å². The lowest BCUT2D eigenvalue weighted by Gasteiger charge is -2.20. The number of carbonyl (C=O) groups is 1. The van der Waals surface area contributed by atoms with E-state index in [0.29, 0.717) is 0 Å². The Hall–Kier alpha value is -1.57. The van der Waals surface area contributed by atoms with Crippen molar-refractivity contribution in [2.75, 3.05) is 7.11 Å². The van der Waals surface area contributed by atoms with Gasteiger partial charge in [0.05, 0.1) is 7.11 Å². The Morgan fingerprint density at radius 2 is 2.00 bits per heavy atom. The van der Waals surface area contributed by atoms with Crippen molar-refractivity contribution in [1.29, 1.82) is 0 Å². The van der Waals surface area contributed by atoms with Crippen LogP contribution in [0.1, 0.15) is 25.0 Å². The summed E-state index contributed by atoms with van der Waals surface area (Å²) < 4.78 is 4.86. The van der Waals surface area contributed by atoms with Crippen LogP contribution in [0.3, 0.4) is 0 Å². The molecule has 1 aliphatic rings. The first-order valence-electron chi connectivity index (χ1n) is 4.97. The molecule has 0 heterocycles. The predicted molar refractivity (Wildman–Crippen MR) is 59.5 cm³/mol. The molecule has 0 aliphatic heterocycles. The van der Waals surface area contributed by atoms with Gasteiger partial charge in [-0.1, -0.05) is 30.3 Å². The first-order chi connectivity index (χ1) is 7.09. The smallest absolute Gasteiger partial charge is 0.319 e. The van der Waals surface area contributed by atoms with Crippen molar-refractivity contribution in [3.05, 3.63) is 41.5 Å². The number of hydrogen-bond donors (Lipinski definition) is 0. The van der Waals surface area contributed by atoms with Crippen molar-refractivity contribution >= 4 is 11.5 Å². The van der Waals surface area contributed by atoms with Crippen LogP contribution in [0.5, 0.6) is 0 Å². The number of fused-ring (bicyclic) bond motifs is 1. The maximum atomic E-state index is 11.8. The van der Waals surface area contributed by atoms with E-state index in [9.17, 15) is 4.79 Å². The van der Waals surface area contributed by atoms with Crippen molar-refractivity contribution in [3.8, 4) is 0 Å². The van der Waals surface area contributed by atoms with Crippen molar-refractivity contribution in [2.45, 2.75) is 19.3 Å². The molecular weight excluding hydrogens is 188 g/mol. The molecule has 0 bridgehead atoms. The number of rotatable bonds is 1. The standard InChI is InChI=1S/C13H14O2/c1-9-8-13(2,12(14)15-3)11-7-5-4-6-10(9)11/h4-8H,1-3H3. The molecule has 1 atom stereocenters. The number of carbonyl (C=O) groups excluding carboxylic acids is 1. The zero-order valence-electron chi connectivity index (χ0n) is 9.20. The van der Waals surface area contributed by atoms with Crippen molar-refractivity contribution in [2.24, 2.45) is 0 Å². The van der Waals surface area contributed by atoms with Gasteiger partial charge in [0.15, 0.2) is 0 Å². The first kappa shape index (κ1) is 9.97. The summed E-state index contributed by atoms with van der Waals surface area (Å²) in [4.78, 5) is 11.8. The molecule has 0 aromatic heterocycles. The van der Waals surface area contributed by atoms with Gasteiger partial charge in [-0.25, -0.2) is 0 Å². The quantitative estimate of drug-likeness (QED) is 0.654. The van der Waals surface area contributed by atoms with Crippen molar-refractivity contribution in [3.63, 3.8) is 0 Å². The number of benzene rings is 1. The summed E-state index contributed by atoms with van der Waals surface area (Å²) in [7, 11) is 1.43. The lowest BCUT2D eigenvalue weighted by atomic mass is 9.85. The van der Waals surface area contributed by atoms with E-state index in [-0.39, 0.29) is 5.97 Å². The summed E-state index contributed by atoms with van der Waals surface area (Å²) in [5.74, 6) is -0.202. The van der Waals surface area contributed by atoms with Gasteiger partial charge in [0.2, 0.25) is 0 Å². The van der Waals surface area contributed by atoms with Crippen LogP contribution in [-0.2, 0) is 14.9 Å². The summed E-state index contributed by atoms with van der Waals surface area (Å²) >= 11 is 0. The second kappa shape index (κ2) is 3.23. The van der Waals surface area contributed by atoms with Gasteiger partial charge in [0, 0.05) is 0 Å². The largest absolute Gasteiger partial charge is 0.468 e. The molecule has 0 amide bonds. The summed E-state index contributed by atoms with van der Waals surface area (Å²) in [6.07, 6.45) is 1.98. The SMILES string of the molecule is COC(=O)C1(C)C=C(C)c2ccccc21. The highest BCUT2D eigenvalue weighted by Crippen LogP contribution is 2.40. The number of esters is 1. The Morgan fingerprint density at radius 1 is 1.33 bits per heavy atom. The van der Waals surface area contributed by atoms with Gasteiger partial charge >= 0.3 is 5.97 Å². The molecule has 1 aromatic rings. The van der Waals surface area contributed by atoms with E-state index in [1.54, 1.807) is 0 Å². The van der Waals surface area contributed by atoms with Crippen LogP contribution < -0.4 is 0 Å². The fraction of sp³-hybridized carbons (Fsp3) is 0.308. The van der Waals surface area contributed by atoms with Crippen LogP contribution in [0.4, 0.5) is 0 Å². The molecule has 0 saturated carbocycles. The summed E-state index contributed by atoms with van der Waals surface area (Å²) in [6.45, 7) is 3.92. The monoisotopic (exact) mass is 202 g/mol. The molecule has 15 heavy (non-hydrogen) atoms. The van der Waals surface area contributed by atoms with E-state index < -0.39 is 5.41 Å². The molecule has 0 spiro atoms. The minimum atomic E-state index is -0.616. The number of hydrogen-bond acceptors (Lipinski definition) is 2. The normalized spacial score (nSPS) is 23.3. The molecule has 1 aliphatic carbocycles. The van der Waals surface area contributed by atoms with E-state index in [2.05, 4.69) is 0 Å². The van der Waals surface area contributed by atoms with E-state index in [0.717, 1.165) is 16.7 Å². The van der Waals surface area contributed by atoms with Crippen LogP contribution in [0.25, 0.3) is 5.57 Å². The highest BCUT2D eigenvalue weighted by Gasteiger charge is 2.40. The minimum Gasteiger partial charge on any atom is -0.468 e. The van der Waals surface area contributed by atoms with E-state index >= 15 is 0 Å². The zero-order chi connectivity index (χ0) is 11.1. The Labute approximate surface area is 89.6 Å². The third-order valence-corrected chi connectivity index (χ3v) is 3.03. The second-order valence-corrected chi connectivity index (χ2v) is 4.07. The summed E-state index contributed by atoms with van der Waals surface area (Å²) in [6, 6.07) is 7.96. The van der Waals surface area contributed by atoms with Crippen LogP contribution >= 0.6 is 0 Å². The third kappa shape index (κ3) is 1.29. The molecule has 0 saturated heterocycles. The number of ether oxygens (including phenoxy) is 1. The van der Waals surface area contributed by atoms with Crippen LogP contribution in [-0.4, -0.2) is 13.1 Å². The van der Waals surface area contributed by atoms with Crippen molar-refractivity contribution < 1.29 is 9.53 Å². The highest BCUT2D eigenvalue weighted by atomic mass is 16.5. The molecule has 0 N–H and O–H groups in total. The molecule has 0 radical (unpaired) electrons. The Balaban J connectivity index is 2.60. The number of allylic oxidation sites excluding steroid dienone is 1. The maximum Gasteiger partial charge on any atom is 0.319 e. The lowest BCUT2D eigenvalue weighted by molar-refractivity contribution is -0.144. The second-order valence-electron chi connectivity index (χ2n) is 4.07. The molecule has 1 aromatic carbocycles. The molecule has 0 fully saturated rings. The first-order valence-corrected chi connectivity index (χ1v) is 4.97. The average Bonchev–Trinajstić information content (AvgIpc) is 2.52. The van der Waals surface area contributed by atoms with Gasteiger partial charge in [-0.05, 0) is 30.5 Å². The van der Waals surface area contributed by atoms with Gasteiger partial charge in [-0.15, -0.1) is 0 Å². The molecule has 78 valence electrons. The van der Waals surface area contributed by atoms with Crippen LogP contribution in [0.2, 0.25) is 0 Å². The third-order valence-electron chi connectivity index (χ3n) is 3.03. The topological polar surface area (TPSA) is 26.3 Å². The zero-order valence-corrected chi connectivity index (χ0v) is 9.20. The fourth-order valence-corrected chi connectivity index (χ4v) is 2.25. The predicted octanol–water partition coefficient (Wildman–Crippen LogP) is 2.53. The van der Waals surface area contributed by atoms with Crippen molar-refractivity contribution in [1.82, 2.24) is 0 Å². The molecule has 2 nitrogen and oxygen atoms in total. The molecule has 2 rings (SSSR count). The summed E-state index contributed by atoms with van der Waals surface area (Å²) in [5, 5.41) is 0. The van der Waals surface area contributed by atoms with E-state index in [1.165, 1.54) is 7.11 Å². The van der Waals surface area contributed by atoms with Crippen LogP contribution in [0, 0.1) is 0 Å². The van der Waals surface area contributed by atoms with Crippen LogP contribution in [0.15, 0.2) is 30.3 Å². The Kier molecular flexibility index (Phi) is 2.14. The van der Waals surface area contributed by atoms with E-state index in [1.807, 2.05) is 44.2 Å².